The Kier molecular flexibility index (Phi) is 1.77. The largest absolute Gasteiger partial charge is 0.497 e. The number of thioether (sulfide) groups is 2. The summed E-state index contributed by atoms with van der Waals surface area (Å²) in [4.78, 5) is -0.571. The average molecular weight is 232 g/mol. The zero-order valence-electron chi connectivity index (χ0n) is 8.27. The first kappa shape index (κ1) is 9.39. The lowest BCUT2D eigenvalue weighted by molar-refractivity contribution is -0.0401. The molecule has 0 N–H and O–H groups in total. The average Bonchev–Trinajstić information content (AvgIpc) is 3.08. The summed E-state index contributed by atoms with van der Waals surface area (Å²) < 4.78 is 16.6. The summed E-state index contributed by atoms with van der Waals surface area (Å²) in [7, 11) is 5.16. The zero-order valence-corrected chi connectivity index (χ0v) is 9.91. The molecular formula is C9H12O3S2. The summed E-state index contributed by atoms with van der Waals surface area (Å²) in [5, 5.41) is 1.10. The van der Waals surface area contributed by atoms with Crippen molar-refractivity contribution in [3.63, 3.8) is 0 Å². The number of hydrogen-bond acceptors (Lipinski definition) is 5. The summed E-state index contributed by atoms with van der Waals surface area (Å²) in [5.41, 5.74) is 0. The van der Waals surface area contributed by atoms with Crippen LogP contribution in [0.25, 0.3) is 0 Å². The molecule has 3 nitrogen and oxygen atoms in total. The van der Waals surface area contributed by atoms with Crippen molar-refractivity contribution < 1.29 is 14.2 Å². The van der Waals surface area contributed by atoms with Crippen molar-refractivity contribution in [2.45, 2.75) is 20.4 Å². The Labute approximate surface area is 91.5 Å². The number of methoxy groups -OCH3 is 3. The summed E-state index contributed by atoms with van der Waals surface area (Å²) >= 11 is 3.64. The van der Waals surface area contributed by atoms with E-state index in [4.69, 9.17) is 14.2 Å². The molecule has 0 bridgehead atoms. The lowest BCUT2D eigenvalue weighted by Gasteiger charge is -2.24. The highest BCUT2D eigenvalue weighted by molar-refractivity contribution is 8.14. The molecule has 78 valence electrons. The summed E-state index contributed by atoms with van der Waals surface area (Å²) in [6.45, 7) is 0. The molecule has 2 aliphatic heterocycles. The summed E-state index contributed by atoms with van der Waals surface area (Å²) in [6, 6.07) is 0. The normalized spacial score (nSPS) is 52.9. The monoisotopic (exact) mass is 232 g/mol. The molecule has 14 heavy (non-hydrogen) atoms. The van der Waals surface area contributed by atoms with E-state index >= 15 is 0 Å². The lowest BCUT2D eigenvalue weighted by atomic mass is 10.00. The Hall–Kier alpha value is 0.160. The molecule has 0 spiro atoms. The Morgan fingerprint density at radius 1 is 1.29 bits per heavy atom. The second-order valence-electron chi connectivity index (χ2n) is 3.55. The number of rotatable bonds is 3. The Morgan fingerprint density at radius 2 is 2.07 bits per heavy atom. The molecule has 0 amide bonds. The Morgan fingerprint density at radius 3 is 2.64 bits per heavy atom. The van der Waals surface area contributed by atoms with Crippen LogP contribution in [0.5, 0.6) is 0 Å². The minimum absolute atomic E-state index is 0.197. The predicted octanol–water partition coefficient (Wildman–Crippen LogP) is 1.45. The second kappa shape index (κ2) is 2.64. The molecule has 3 aliphatic rings. The van der Waals surface area contributed by atoms with Crippen molar-refractivity contribution in [1.29, 1.82) is 0 Å². The fourth-order valence-electron chi connectivity index (χ4n) is 2.25. The summed E-state index contributed by atoms with van der Waals surface area (Å²) in [5.74, 6) is 0.915. The Balaban J connectivity index is 2.03. The van der Waals surface area contributed by atoms with Gasteiger partial charge in [0.25, 0.3) is 0 Å². The van der Waals surface area contributed by atoms with Crippen molar-refractivity contribution in [3.05, 3.63) is 11.8 Å². The smallest absolute Gasteiger partial charge is 0.213 e. The van der Waals surface area contributed by atoms with Gasteiger partial charge in [0.1, 0.15) is 5.76 Å². The van der Waals surface area contributed by atoms with Gasteiger partial charge in [-0.3, -0.25) is 0 Å². The van der Waals surface area contributed by atoms with Gasteiger partial charge in [0.05, 0.1) is 12.4 Å². The fraction of sp³-hybridized carbons (Fsp3) is 0.778. The highest BCUT2D eigenvalue weighted by Crippen LogP contribution is 2.79. The van der Waals surface area contributed by atoms with Crippen LogP contribution in [0.1, 0.15) is 0 Å². The third-order valence-electron chi connectivity index (χ3n) is 3.06. The molecule has 3 rings (SSSR count). The van der Waals surface area contributed by atoms with E-state index in [9.17, 15) is 0 Å². The van der Waals surface area contributed by atoms with E-state index in [0.29, 0.717) is 10.5 Å². The molecule has 1 aliphatic carbocycles. The molecule has 0 radical (unpaired) electrons. The topological polar surface area (TPSA) is 27.7 Å². The summed E-state index contributed by atoms with van der Waals surface area (Å²) in [6.07, 6.45) is 2.16. The van der Waals surface area contributed by atoms with Gasteiger partial charge in [-0.2, -0.15) is 0 Å². The van der Waals surface area contributed by atoms with Crippen LogP contribution >= 0.6 is 23.5 Å². The maximum atomic E-state index is 5.63. The number of ether oxygens (including phenoxy) is 3. The molecule has 2 saturated heterocycles. The maximum absolute atomic E-state index is 5.63. The van der Waals surface area contributed by atoms with E-state index in [1.807, 2.05) is 11.8 Å². The van der Waals surface area contributed by atoms with Crippen LogP contribution < -0.4 is 0 Å². The van der Waals surface area contributed by atoms with Gasteiger partial charge in [-0.25, -0.2) is 0 Å². The molecule has 0 saturated carbocycles. The molecule has 0 aromatic carbocycles. The molecule has 5 heteroatoms. The van der Waals surface area contributed by atoms with Crippen LogP contribution in [0, 0.1) is 0 Å². The quantitative estimate of drug-likeness (QED) is 0.687. The standard InChI is InChI=1S/C9H12O3S2/c1-10-6-4-5-7(13-5)9(12-3)8(6,11-2)14-9/h4-5,7H,1-3H3. The second-order valence-corrected chi connectivity index (χ2v) is 6.26. The molecule has 4 atom stereocenters. The van der Waals surface area contributed by atoms with Gasteiger partial charge in [0.15, 0.2) is 4.93 Å². The van der Waals surface area contributed by atoms with Crippen LogP contribution in [0.4, 0.5) is 0 Å². The van der Waals surface area contributed by atoms with E-state index in [1.54, 1.807) is 33.1 Å². The maximum Gasteiger partial charge on any atom is 0.213 e. The third kappa shape index (κ3) is 0.813. The zero-order chi connectivity index (χ0) is 9.97. The first-order valence-corrected chi connectivity index (χ1v) is 6.22. The third-order valence-corrected chi connectivity index (χ3v) is 6.30. The van der Waals surface area contributed by atoms with E-state index in [2.05, 4.69) is 6.08 Å². The molecule has 0 aromatic rings. The lowest BCUT2D eigenvalue weighted by Crippen LogP contribution is -2.39. The minimum atomic E-state index is -0.374. The van der Waals surface area contributed by atoms with Crippen molar-refractivity contribution >= 4 is 23.5 Å². The molecule has 2 heterocycles. The first-order valence-electron chi connectivity index (χ1n) is 4.46. The van der Waals surface area contributed by atoms with Gasteiger partial charge in [0, 0.05) is 19.5 Å². The van der Waals surface area contributed by atoms with Gasteiger partial charge in [-0.05, 0) is 6.08 Å². The number of fused-ring (bicyclic) bond motifs is 3. The van der Waals surface area contributed by atoms with Gasteiger partial charge in [-0.1, -0.05) is 11.8 Å². The van der Waals surface area contributed by atoms with Gasteiger partial charge in [-0.15, -0.1) is 11.8 Å². The van der Waals surface area contributed by atoms with E-state index in [1.165, 1.54) is 0 Å². The van der Waals surface area contributed by atoms with Gasteiger partial charge >= 0.3 is 0 Å². The Bertz CT molecular complexity index is 319. The van der Waals surface area contributed by atoms with Crippen LogP contribution in [-0.2, 0) is 14.2 Å². The van der Waals surface area contributed by atoms with Crippen LogP contribution in [0.15, 0.2) is 11.8 Å². The van der Waals surface area contributed by atoms with E-state index in [0.717, 1.165) is 5.76 Å². The molecule has 2 fully saturated rings. The fourth-order valence-corrected chi connectivity index (χ4v) is 5.33. The predicted molar refractivity (Wildman–Crippen MR) is 57.3 cm³/mol. The molecule has 0 aromatic heterocycles. The molecule has 4 unspecified atom stereocenters. The number of hydrogen-bond donors (Lipinski definition) is 0. The van der Waals surface area contributed by atoms with Crippen molar-refractivity contribution in [2.24, 2.45) is 0 Å². The van der Waals surface area contributed by atoms with Crippen LogP contribution in [0.3, 0.4) is 0 Å². The van der Waals surface area contributed by atoms with Crippen molar-refractivity contribution in [2.75, 3.05) is 21.3 Å². The SMILES string of the molecule is COC1=CC2SC2C2(OC)SC12OC. The first-order chi connectivity index (χ1) is 6.74. The van der Waals surface area contributed by atoms with Crippen molar-refractivity contribution in [1.82, 2.24) is 0 Å². The van der Waals surface area contributed by atoms with Crippen LogP contribution in [-0.4, -0.2) is 41.7 Å². The van der Waals surface area contributed by atoms with Gasteiger partial charge in [0.2, 0.25) is 4.93 Å². The van der Waals surface area contributed by atoms with Gasteiger partial charge < -0.3 is 14.2 Å². The van der Waals surface area contributed by atoms with Crippen LogP contribution in [0.2, 0.25) is 0 Å². The van der Waals surface area contributed by atoms with E-state index in [-0.39, 0.29) is 9.87 Å². The molecular weight excluding hydrogens is 220 g/mol. The highest BCUT2D eigenvalue weighted by atomic mass is 32.2. The highest BCUT2D eigenvalue weighted by Gasteiger charge is 2.84. The minimum Gasteiger partial charge on any atom is -0.497 e. The van der Waals surface area contributed by atoms with Crippen molar-refractivity contribution in [3.8, 4) is 0 Å². The van der Waals surface area contributed by atoms with E-state index < -0.39 is 0 Å².